The van der Waals surface area contributed by atoms with Gasteiger partial charge in [-0.2, -0.15) is 0 Å². The van der Waals surface area contributed by atoms with Crippen LogP contribution in [0.2, 0.25) is 0 Å². The second-order valence-electron chi connectivity index (χ2n) is 6.09. The van der Waals surface area contributed by atoms with Gasteiger partial charge in [-0.25, -0.2) is 9.13 Å². The Morgan fingerprint density at radius 2 is 1.72 bits per heavy atom. The third-order valence-electron chi connectivity index (χ3n) is 2.35. The first-order valence-electron chi connectivity index (χ1n) is 5.92. The van der Waals surface area contributed by atoms with Crippen molar-refractivity contribution in [1.29, 1.82) is 0 Å². The van der Waals surface area contributed by atoms with Crippen LogP contribution in [-0.2, 0) is 15.9 Å². The van der Waals surface area contributed by atoms with Crippen LogP contribution in [0.3, 0.4) is 0 Å². The molecule has 0 aromatic carbocycles. The molecule has 0 atom stereocenters. The molecule has 0 radical (unpaired) electrons. The fraction of sp³-hybridized carbons (Fsp3) is 0.571. The summed E-state index contributed by atoms with van der Waals surface area (Å²) >= 11 is 0. The molecule has 1 aromatic heterocycles. The molecule has 1 aromatic rings. The third-order valence-corrected chi connectivity index (χ3v) is 2.35. The molecule has 4 heteroatoms. The van der Waals surface area contributed by atoms with Crippen molar-refractivity contribution in [3.8, 4) is 0 Å². The van der Waals surface area contributed by atoms with Crippen molar-refractivity contribution in [1.82, 2.24) is 4.57 Å². The summed E-state index contributed by atoms with van der Waals surface area (Å²) in [7, 11) is 0. The lowest BCUT2D eigenvalue weighted by molar-refractivity contribution is -0.753. The molecule has 0 aliphatic rings. The zero-order chi connectivity index (χ0) is 14.6. The van der Waals surface area contributed by atoms with Crippen LogP contribution in [0.4, 0.5) is 0 Å². The number of imidazole rings is 1. The highest BCUT2D eigenvalue weighted by atomic mass is 16.4. The summed E-state index contributed by atoms with van der Waals surface area (Å²) in [5, 5.41) is 9.14. The summed E-state index contributed by atoms with van der Waals surface area (Å²) in [5.74, 6) is -1.23. The van der Waals surface area contributed by atoms with Gasteiger partial charge in [0.2, 0.25) is 6.33 Å². The van der Waals surface area contributed by atoms with E-state index >= 15 is 0 Å². The molecule has 0 saturated heterocycles. The summed E-state index contributed by atoms with van der Waals surface area (Å²) in [6.07, 6.45) is 7.15. The van der Waals surface area contributed by atoms with Crippen LogP contribution in [-0.4, -0.2) is 10.5 Å². The highest BCUT2D eigenvalue weighted by molar-refractivity contribution is 5.76. The normalized spacial score (nSPS) is 11.4. The lowest BCUT2D eigenvalue weighted by Gasteiger charge is -2.16. The van der Waals surface area contributed by atoms with Crippen LogP contribution in [0.15, 0.2) is 31.4 Å². The molecule has 0 bridgehead atoms. The number of hydrogen-bond acceptors (Lipinski definition) is 2. The lowest BCUT2D eigenvalue weighted by Crippen LogP contribution is -2.48. The van der Waals surface area contributed by atoms with Crippen molar-refractivity contribution in [3.05, 3.63) is 31.4 Å². The molecule has 0 fully saturated rings. The van der Waals surface area contributed by atoms with E-state index in [-0.39, 0.29) is 11.1 Å². The van der Waals surface area contributed by atoms with E-state index < -0.39 is 5.97 Å². The summed E-state index contributed by atoms with van der Waals surface area (Å²) in [6, 6.07) is 0. The molecule has 0 aliphatic heterocycles. The minimum absolute atomic E-state index is 0.177. The van der Waals surface area contributed by atoms with Crippen molar-refractivity contribution in [2.75, 3.05) is 0 Å². The SMILES string of the molecule is C=CC(=O)[O-].CC(C)(C)n1cc[n+](C(C)(C)C)c1. The zero-order valence-corrected chi connectivity index (χ0v) is 12.2. The van der Waals surface area contributed by atoms with Gasteiger partial charge in [0, 0.05) is 0 Å². The largest absolute Gasteiger partial charge is 0.545 e. The molecule has 0 saturated carbocycles. The van der Waals surface area contributed by atoms with Gasteiger partial charge in [-0.1, -0.05) is 6.58 Å². The minimum Gasteiger partial charge on any atom is -0.545 e. The van der Waals surface area contributed by atoms with Gasteiger partial charge in [-0.3, -0.25) is 0 Å². The lowest BCUT2D eigenvalue weighted by atomic mass is 10.1. The number of rotatable bonds is 1. The Bertz CT molecular complexity index is 378. The van der Waals surface area contributed by atoms with Crippen molar-refractivity contribution >= 4 is 5.97 Å². The standard InChI is InChI=1S/C11H21N2.C3H4O2/c1-10(2,3)12-7-8-13(9-12)11(4,5)6;1-2-3(4)5/h7-9H,1-6H3;2H,1H2,(H,4,5)/q+1;/p-1. The second-order valence-corrected chi connectivity index (χ2v) is 6.09. The fourth-order valence-corrected chi connectivity index (χ4v) is 1.15. The second kappa shape index (κ2) is 5.85. The molecule has 1 rings (SSSR count). The number of carboxylic acids is 1. The van der Waals surface area contributed by atoms with Crippen molar-refractivity contribution in [2.45, 2.75) is 52.6 Å². The molecule has 0 amide bonds. The van der Waals surface area contributed by atoms with E-state index in [0.717, 1.165) is 6.08 Å². The number of aliphatic carboxylic acids is 1. The zero-order valence-electron chi connectivity index (χ0n) is 12.2. The predicted octanol–water partition coefficient (Wildman–Crippen LogP) is 1.21. The Morgan fingerprint density at radius 1 is 1.28 bits per heavy atom. The Balaban J connectivity index is 0.000000494. The van der Waals surface area contributed by atoms with Gasteiger partial charge in [-0.15, -0.1) is 0 Å². The number of aromatic nitrogens is 2. The van der Waals surface area contributed by atoms with E-state index in [1.54, 1.807) is 0 Å². The number of carbonyl (C=O) groups is 1. The molecule has 1 heterocycles. The summed E-state index contributed by atoms with van der Waals surface area (Å²) < 4.78 is 4.47. The maximum atomic E-state index is 9.14. The Hall–Kier alpha value is -1.58. The molecule has 0 aliphatic carbocycles. The van der Waals surface area contributed by atoms with Crippen molar-refractivity contribution in [3.63, 3.8) is 0 Å². The summed E-state index contributed by atoms with van der Waals surface area (Å²) in [4.78, 5) is 9.14. The average Bonchev–Trinajstić information content (AvgIpc) is 2.65. The number of carboxylic acid groups (broad SMARTS) is 1. The molecular formula is C14H24N2O2. The fourth-order valence-electron chi connectivity index (χ4n) is 1.15. The molecule has 0 N–H and O–H groups in total. The van der Waals surface area contributed by atoms with Crippen LogP contribution in [0.1, 0.15) is 41.5 Å². The van der Waals surface area contributed by atoms with Gasteiger partial charge >= 0.3 is 0 Å². The van der Waals surface area contributed by atoms with E-state index in [1.807, 2.05) is 0 Å². The third kappa shape index (κ3) is 5.66. The molecule has 102 valence electrons. The average molecular weight is 252 g/mol. The number of hydrogen-bond donors (Lipinski definition) is 0. The van der Waals surface area contributed by atoms with Gasteiger partial charge < -0.3 is 9.90 Å². The van der Waals surface area contributed by atoms with E-state index in [9.17, 15) is 0 Å². The van der Waals surface area contributed by atoms with E-state index in [2.05, 4.69) is 76.0 Å². The maximum absolute atomic E-state index is 9.14. The van der Waals surface area contributed by atoms with Gasteiger partial charge in [-0.05, 0) is 47.6 Å². The Morgan fingerprint density at radius 3 is 1.89 bits per heavy atom. The smallest absolute Gasteiger partial charge is 0.244 e. The van der Waals surface area contributed by atoms with Crippen LogP contribution in [0.5, 0.6) is 0 Å². The predicted molar refractivity (Wildman–Crippen MR) is 69.8 cm³/mol. The molecule has 0 unspecified atom stereocenters. The Labute approximate surface area is 110 Å². The van der Waals surface area contributed by atoms with Crippen LogP contribution < -0.4 is 9.67 Å². The quantitative estimate of drug-likeness (QED) is 0.557. The van der Waals surface area contributed by atoms with Crippen LogP contribution >= 0.6 is 0 Å². The van der Waals surface area contributed by atoms with Crippen molar-refractivity contribution < 1.29 is 14.5 Å². The van der Waals surface area contributed by atoms with Crippen LogP contribution in [0, 0.1) is 0 Å². The number of nitrogens with zero attached hydrogens (tertiary/aromatic N) is 2. The van der Waals surface area contributed by atoms with Gasteiger partial charge in [0.15, 0.2) is 0 Å². The van der Waals surface area contributed by atoms with Gasteiger partial charge in [0.05, 0.1) is 5.97 Å². The highest BCUT2D eigenvalue weighted by Gasteiger charge is 2.24. The summed E-state index contributed by atoms with van der Waals surface area (Å²) in [6.45, 7) is 16.1. The maximum Gasteiger partial charge on any atom is 0.244 e. The molecule has 18 heavy (non-hydrogen) atoms. The van der Waals surface area contributed by atoms with E-state index in [1.165, 1.54) is 0 Å². The van der Waals surface area contributed by atoms with Gasteiger partial charge in [0.25, 0.3) is 0 Å². The molecular weight excluding hydrogens is 228 g/mol. The topological polar surface area (TPSA) is 48.9 Å². The first-order valence-corrected chi connectivity index (χ1v) is 5.92. The van der Waals surface area contributed by atoms with E-state index in [4.69, 9.17) is 9.90 Å². The summed E-state index contributed by atoms with van der Waals surface area (Å²) in [5.41, 5.74) is 0.354. The van der Waals surface area contributed by atoms with Gasteiger partial charge in [0.1, 0.15) is 23.5 Å². The van der Waals surface area contributed by atoms with Crippen molar-refractivity contribution in [2.24, 2.45) is 0 Å². The molecule has 4 nitrogen and oxygen atoms in total. The van der Waals surface area contributed by atoms with Crippen LogP contribution in [0.25, 0.3) is 0 Å². The van der Waals surface area contributed by atoms with E-state index in [0.29, 0.717) is 0 Å². The highest BCUT2D eigenvalue weighted by Crippen LogP contribution is 2.13. The Kier molecular flexibility index (Phi) is 5.33. The first kappa shape index (κ1) is 16.4. The first-order chi connectivity index (χ1) is 7.98. The monoisotopic (exact) mass is 252 g/mol. The number of carbonyl (C=O) groups excluding carboxylic acids is 1. The molecule has 0 spiro atoms. The minimum atomic E-state index is -1.23.